The molecule has 48 heavy (non-hydrogen) atoms. The number of hydrogen-bond donors (Lipinski definition) is 10. The summed E-state index contributed by atoms with van der Waals surface area (Å²) in [4.78, 5) is 81.3. The van der Waals surface area contributed by atoms with Crippen LogP contribution in [0.3, 0.4) is 0 Å². The standard InChI is InChI=1S/C30H54N8O10/c1-21(47-45)17-25(39)35-19-27(41)37-23(11-5-7-13-31)29(43)33-15-9-3-4-10-16-34-30(44)24(12-6-8-14-32)38-28(42)20-36-26(40)18-22(2)48-46/h23-24,45-46H,1-20,31-32H2,(H,33,43)(H,34,44)(H,35,39)(H,36,40)(H,37,41)(H,38,42)/t23-,24-/m0/s1. The van der Waals surface area contributed by atoms with E-state index < -0.39 is 35.7 Å². The van der Waals surface area contributed by atoms with Gasteiger partial charge in [0, 0.05) is 13.1 Å². The summed E-state index contributed by atoms with van der Waals surface area (Å²) >= 11 is 0. The van der Waals surface area contributed by atoms with E-state index in [1.165, 1.54) is 0 Å². The Kier molecular flexibility index (Phi) is 25.3. The molecule has 0 bridgehead atoms. The van der Waals surface area contributed by atoms with Crippen LogP contribution in [0.4, 0.5) is 0 Å². The first-order valence-corrected chi connectivity index (χ1v) is 16.0. The Balaban J connectivity index is 4.53. The summed E-state index contributed by atoms with van der Waals surface area (Å²) in [6.45, 7) is 7.53. The molecule has 0 rings (SSSR count). The zero-order chi connectivity index (χ0) is 36.2. The van der Waals surface area contributed by atoms with Crippen molar-refractivity contribution in [3.05, 3.63) is 24.7 Å². The Labute approximate surface area is 281 Å². The number of rotatable bonds is 29. The number of unbranched alkanes of at least 4 members (excludes halogenated alkanes) is 5. The second kappa shape index (κ2) is 27.8. The highest BCUT2D eigenvalue weighted by atomic mass is 17.1. The van der Waals surface area contributed by atoms with Crippen molar-refractivity contribution >= 4 is 35.4 Å². The summed E-state index contributed by atoms with van der Waals surface area (Å²) in [5, 5.41) is 32.5. The minimum absolute atomic E-state index is 0.179. The second-order valence-corrected chi connectivity index (χ2v) is 11.0. The maximum absolute atomic E-state index is 12.7. The number of amides is 6. The molecule has 0 aromatic carbocycles. The number of carbonyl (C=O) groups is 6. The average Bonchev–Trinajstić information content (AvgIpc) is 3.06. The third-order valence-electron chi connectivity index (χ3n) is 6.77. The molecule has 18 heteroatoms. The van der Waals surface area contributed by atoms with E-state index in [1.54, 1.807) is 0 Å². The van der Waals surface area contributed by atoms with Crippen LogP contribution in [0.1, 0.15) is 77.0 Å². The van der Waals surface area contributed by atoms with Crippen LogP contribution in [-0.2, 0) is 38.5 Å². The topological polar surface area (TPSA) is 286 Å². The van der Waals surface area contributed by atoms with E-state index >= 15 is 0 Å². The van der Waals surface area contributed by atoms with Gasteiger partial charge in [-0.1, -0.05) is 26.0 Å². The Morgan fingerprint density at radius 2 is 0.917 bits per heavy atom. The predicted octanol–water partition coefficient (Wildman–Crippen LogP) is -0.974. The highest BCUT2D eigenvalue weighted by molar-refractivity contribution is 5.91. The summed E-state index contributed by atoms with van der Waals surface area (Å²) < 4.78 is 0. The van der Waals surface area contributed by atoms with Crippen LogP contribution in [0, 0.1) is 0 Å². The van der Waals surface area contributed by atoms with Crippen molar-refractivity contribution in [3.8, 4) is 0 Å². The van der Waals surface area contributed by atoms with Gasteiger partial charge in [0.2, 0.25) is 35.4 Å². The van der Waals surface area contributed by atoms with Crippen LogP contribution in [-0.4, -0.2) is 97.3 Å². The van der Waals surface area contributed by atoms with Crippen LogP contribution in [0.15, 0.2) is 24.7 Å². The van der Waals surface area contributed by atoms with E-state index in [1.807, 2.05) is 0 Å². The first-order chi connectivity index (χ1) is 23.0. The highest BCUT2D eigenvalue weighted by Gasteiger charge is 2.22. The van der Waals surface area contributed by atoms with E-state index in [4.69, 9.17) is 22.0 Å². The molecule has 0 aliphatic rings. The molecule has 0 heterocycles. The van der Waals surface area contributed by atoms with Crippen molar-refractivity contribution < 1.29 is 49.1 Å². The van der Waals surface area contributed by atoms with Crippen LogP contribution < -0.4 is 43.4 Å². The Bertz CT molecular complexity index is 963. The van der Waals surface area contributed by atoms with Crippen molar-refractivity contribution in [1.82, 2.24) is 31.9 Å². The van der Waals surface area contributed by atoms with Gasteiger partial charge in [0.25, 0.3) is 0 Å². The third kappa shape index (κ3) is 23.1. The lowest BCUT2D eigenvalue weighted by Gasteiger charge is -2.19. The fourth-order valence-corrected chi connectivity index (χ4v) is 4.19. The fourth-order valence-electron chi connectivity index (χ4n) is 4.19. The zero-order valence-electron chi connectivity index (χ0n) is 27.6. The molecule has 274 valence electrons. The van der Waals surface area contributed by atoms with Crippen molar-refractivity contribution in [1.29, 1.82) is 0 Å². The van der Waals surface area contributed by atoms with Gasteiger partial charge in [-0.2, -0.15) is 0 Å². The average molecular weight is 687 g/mol. The van der Waals surface area contributed by atoms with Gasteiger partial charge in [-0.05, 0) is 64.5 Å². The smallest absolute Gasteiger partial charge is 0.242 e. The van der Waals surface area contributed by atoms with Crippen LogP contribution in [0.2, 0.25) is 0 Å². The van der Waals surface area contributed by atoms with Crippen molar-refractivity contribution in [2.45, 2.75) is 89.1 Å². The number of hydrogen-bond acceptors (Lipinski definition) is 12. The lowest BCUT2D eigenvalue weighted by Crippen LogP contribution is -2.49. The van der Waals surface area contributed by atoms with Crippen molar-refractivity contribution in [3.63, 3.8) is 0 Å². The molecular formula is C30H54N8O10. The molecule has 0 fully saturated rings. The Hall–Kier alpha value is -4.26. The van der Waals surface area contributed by atoms with Gasteiger partial charge in [0.1, 0.15) is 23.6 Å². The van der Waals surface area contributed by atoms with Gasteiger partial charge in [0.15, 0.2) is 0 Å². The molecule has 0 aromatic rings. The molecule has 12 N–H and O–H groups in total. The van der Waals surface area contributed by atoms with E-state index in [0.717, 1.165) is 12.8 Å². The quantitative estimate of drug-likeness (QED) is 0.0197. The van der Waals surface area contributed by atoms with Crippen LogP contribution in [0.5, 0.6) is 0 Å². The van der Waals surface area contributed by atoms with E-state index in [2.05, 4.69) is 54.8 Å². The summed E-state index contributed by atoms with van der Waals surface area (Å²) in [6.07, 6.45) is 5.53. The van der Waals surface area contributed by atoms with Crippen LogP contribution >= 0.6 is 0 Å². The van der Waals surface area contributed by atoms with Gasteiger partial charge < -0.3 is 53.1 Å². The molecule has 2 atom stereocenters. The maximum atomic E-state index is 12.7. The number of nitrogens with one attached hydrogen (secondary N) is 6. The van der Waals surface area contributed by atoms with Gasteiger partial charge >= 0.3 is 0 Å². The molecule has 0 saturated heterocycles. The molecule has 0 spiro atoms. The predicted molar refractivity (Wildman–Crippen MR) is 175 cm³/mol. The van der Waals surface area contributed by atoms with Gasteiger partial charge in [0.05, 0.1) is 25.9 Å². The summed E-state index contributed by atoms with van der Waals surface area (Å²) in [5.74, 6) is -3.35. The molecule has 0 aliphatic heterocycles. The molecule has 18 nitrogen and oxygen atoms in total. The molecular weight excluding hydrogens is 632 g/mol. The molecule has 6 amide bonds. The molecule has 0 unspecified atom stereocenters. The summed E-state index contributed by atoms with van der Waals surface area (Å²) in [6, 6.07) is -1.61. The second-order valence-electron chi connectivity index (χ2n) is 11.0. The van der Waals surface area contributed by atoms with Gasteiger partial charge in [-0.15, -0.1) is 0 Å². The molecule has 0 radical (unpaired) electrons. The molecule has 0 aromatic heterocycles. The summed E-state index contributed by atoms with van der Waals surface area (Å²) in [7, 11) is 0. The largest absolute Gasteiger partial charge is 0.354 e. The maximum Gasteiger partial charge on any atom is 0.242 e. The normalized spacial score (nSPS) is 11.7. The van der Waals surface area contributed by atoms with Crippen molar-refractivity contribution in [2.24, 2.45) is 11.5 Å². The van der Waals surface area contributed by atoms with Crippen LogP contribution in [0.25, 0.3) is 0 Å². The van der Waals surface area contributed by atoms with Gasteiger partial charge in [-0.3, -0.25) is 28.8 Å². The minimum atomic E-state index is -0.803. The third-order valence-corrected chi connectivity index (χ3v) is 6.77. The Morgan fingerprint density at radius 3 is 1.25 bits per heavy atom. The molecule has 0 saturated carbocycles. The van der Waals surface area contributed by atoms with E-state index in [-0.39, 0.29) is 49.3 Å². The fraction of sp³-hybridized carbons (Fsp3) is 0.667. The lowest BCUT2D eigenvalue weighted by atomic mass is 10.1. The summed E-state index contributed by atoms with van der Waals surface area (Å²) in [5.41, 5.74) is 11.1. The van der Waals surface area contributed by atoms with E-state index in [0.29, 0.717) is 77.5 Å². The monoisotopic (exact) mass is 686 g/mol. The zero-order valence-corrected chi connectivity index (χ0v) is 27.6. The van der Waals surface area contributed by atoms with Gasteiger partial charge in [-0.25, -0.2) is 10.5 Å². The van der Waals surface area contributed by atoms with Crippen molar-refractivity contribution in [2.75, 3.05) is 39.3 Å². The minimum Gasteiger partial charge on any atom is -0.354 e. The first-order valence-electron chi connectivity index (χ1n) is 16.0. The van der Waals surface area contributed by atoms with E-state index in [9.17, 15) is 28.8 Å². The lowest BCUT2D eigenvalue weighted by molar-refractivity contribution is -0.205. The Morgan fingerprint density at radius 1 is 0.542 bits per heavy atom. The molecule has 0 aliphatic carbocycles. The SMILES string of the molecule is C=C(CC(=O)NCC(=O)N[C@@H](CCCCN)C(=O)NCCCCCCNC(=O)[C@H](CCCCN)NC(=O)CNC(=O)CC(=C)OO)OO. The number of carbonyl (C=O) groups excluding carboxylic acids is 6. The highest BCUT2D eigenvalue weighted by Crippen LogP contribution is 2.04. The first kappa shape index (κ1) is 43.7. The number of nitrogens with two attached hydrogens (primary N) is 2.